The second-order valence-corrected chi connectivity index (χ2v) is 6.14. The lowest BCUT2D eigenvalue weighted by molar-refractivity contribution is -0.0712. The van der Waals surface area contributed by atoms with Crippen molar-refractivity contribution >= 4 is 0 Å². The van der Waals surface area contributed by atoms with Gasteiger partial charge in [-0.1, -0.05) is 13.8 Å². The molecule has 0 amide bonds. The number of hydrogen-bond donors (Lipinski definition) is 2. The van der Waals surface area contributed by atoms with Crippen LogP contribution in [0.2, 0.25) is 0 Å². The van der Waals surface area contributed by atoms with E-state index in [-0.39, 0.29) is 5.60 Å². The van der Waals surface area contributed by atoms with Gasteiger partial charge < -0.3 is 19.9 Å². The molecule has 0 radical (unpaired) electrons. The van der Waals surface area contributed by atoms with Crippen molar-refractivity contribution in [3.8, 4) is 0 Å². The Morgan fingerprint density at radius 1 is 1.32 bits per heavy atom. The van der Waals surface area contributed by atoms with Gasteiger partial charge >= 0.3 is 0 Å². The number of hydrogen-bond acceptors (Lipinski definition) is 4. The van der Waals surface area contributed by atoms with Gasteiger partial charge in [0, 0.05) is 26.8 Å². The molecule has 1 saturated carbocycles. The van der Waals surface area contributed by atoms with Crippen molar-refractivity contribution < 1.29 is 14.6 Å². The van der Waals surface area contributed by atoms with Crippen LogP contribution in [0.25, 0.3) is 0 Å². The van der Waals surface area contributed by atoms with Gasteiger partial charge in [-0.3, -0.25) is 0 Å². The molecule has 0 aliphatic heterocycles. The Bertz CT molecular complexity index is 224. The van der Waals surface area contributed by atoms with Gasteiger partial charge in [0.05, 0.1) is 18.3 Å². The average Bonchev–Trinajstić information content (AvgIpc) is 2.32. The molecule has 0 aromatic carbocycles. The number of ether oxygens (including phenoxy) is 2. The van der Waals surface area contributed by atoms with E-state index in [1.54, 1.807) is 7.11 Å². The van der Waals surface area contributed by atoms with Crippen LogP contribution in [-0.4, -0.2) is 50.2 Å². The molecule has 0 spiro atoms. The molecule has 1 fully saturated rings. The van der Waals surface area contributed by atoms with Gasteiger partial charge in [-0.15, -0.1) is 0 Å². The minimum atomic E-state index is -0.423. The smallest absolute Gasteiger partial charge is 0.0897 e. The van der Waals surface area contributed by atoms with E-state index in [2.05, 4.69) is 19.2 Å². The zero-order valence-electron chi connectivity index (χ0n) is 12.8. The third-order valence-electron chi connectivity index (χ3n) is 3.91. The normalized spacial score (nSPS) is 19.4. The number of aliphatic hydroxyl groups is 1. The predicted octanol–water partition coefficient (Wildman–Crippen LogP) is 1.96. The molecule has 1 aliphatic rings. The Labute approximate surface area is 117 Å². The van der Waals surface area contributed by atoms with Crippen LogP contribution < -0.4 is 5.32 Å². The highest BCUT2D eigenvalue weighted by atomic mass is 16.5. The molecule has 2 N–H and O–H groups in total. The van der Waals surface area contributed by atoms with Crippen molar-refractivity contribution in [1.29, 1.82) is 0 Å². The minimum Gasteiger partial charge on any atom is -0.389 e. The van der Waals surface area contributed by atoms with Crippen molar-refractivity contribution in [3.05, 3.63) is 0 Å². The molecular formula is C15H31NO3. The van der Waals surface area contributed by atoms with Gasteiger partial charge in [-0.25, -0.2) is 0 Å². The van der Waals surface area contributed by atoms with E-state index in [1.807, 2.05) is 0 Å². The minimum absolute atomic E-state index is 0.0256. The molecule has 4 nitrogen and oxygen atoms in total. The van der Waals surface area contributed by atoms with E-state index < -0.39 is 6.10 Å². The summed E-state index contributed by atoms with van der Waals surface area (Å²) in [6.07, 6.45) is 5.33. The summed E-state index contributed by atoms with van der Waals surface area (Å²) in [7, 11) is 1.77. The third kappa shape index (κ3) is 6.70. The Morgan fingerprint density at radius 2 is 2.05 bits per heavy atom. The second-order valence-electron chi connectivity index (χ2n) is 6.14. The zero-order chi connectivity index (χ0) is 14.1. The van der Waals surface area contributed by atoms with E-state index in [0.717, 1.165) is 38.3 Å². The van der Waals surface area contributed by atoms with Crippen LogP contribution in [0, 0.1) is 5.92 Å². The molecule has 1 unspecified atom stereocenters. The monoisotopic (exact) mass is 273 g/mol. The van der Waals surface area contributed by atoms with Gasteiger partial charge in [-0.05, 0) is 38.0 Å². The quantitative estimate of drug-likeness (QED) is 0.565. The van der Waals surface area contributed by atoms with Crippen molar-refractivity contribution in [2.45, 2.75) is 57.7 Å². The molecule has 19 heavy (non-hydrogen) atoms. The maximum Gasteiger partial charge on any atom is 0.0897 e. The standard InChI is InChI=1S/C15H31NO3/c1-13(2)6-4-9-19-11-14(17)10-16-12-15(18-3)7-5-8-15/h13-14,16-17H,4-12H2,1-3H3. The van der Waals surface area contributed by atoms with Crippen LogP contribution in [0.3, 0.4) is 0 Å². The SMILES string of the molecule is COC1(CNCC(O)COCCCC(C)C)CCC1. The van der Waals surface area contributed by atoms with Crippen LogP contribution in [-0.2, 0) is 9.47 Å². The molecule has 0 bridgehead atoms. The second kappa shape index (κ2) is 8.90. The van der Waals surface area contributed by atoms with Crippen molar-refractivity contribution in [2.75, 3.05) is 33.4 Å². The van der Waals surface area contributed by atoms with Crippen LogP contribution in [0.5, 0.6) is 0 Å². The van der Waals surface area contributed by atoms with Crippen LogP contribution in [0.15, 0.2) is 0 Å². The Hall–Kier alpha value is -0.160. The highest BCUT2D eigenvalue weighted by Gasteiger charge is 2.36. The predicted molar refractivity (Wildman–Crippen MR) is 77.4 cm³/mol. The van der Waals surface area contributed by atoms with Crippen LogP contribution in [0.1, 0.15) is 46.0 Å². The zero-order valence-corrected chi connectivity index (χ0v) is 12.8. The summed E-state index contributed by atoms with van der Waals surface area (Å²) >= 11 is 0. The Morgan fingerprint density at radius 3 is 2.58 bits per heavy atom. The summed E-state index contributed by atoms with van der Waals surface area (Å²) in [6, 6.07) is 0. The fourth-order valence-corrected chi connectivity index (χ4v) is 2.36. The number of methoxy groups -OCH3 is 1. The summed E-state index contributed by atoms with van der Waals surface area (Å²) < 4.78 is 11.0. The van der Waals surface area contributed by atoms with Crippen molar-refractivity contribution in [2.24, 2.45) is 5.92 Å². The van der Waals surface area contributed by atoms with E-state index in [9.17, 15) is 5.11 Å². The number of aliphatic hydroxyl groups excluding tert-OH is 1. The first kappa shape index (κ1) is 16.9. The highest BCUT2D eigenvalue weighted by molar-refractivity contribution is 4.91. The lowest BCUT2D eigenvalue weighted by Crippen LogP contribution is -2.49. The maximum absolute atomic E-state index is 9.79. The van der Waals surface area contributed by atoms with E-state index in [0.29, 0.717) is 13.2 Å². The molecule has 1 rings (SSSR count). The Kier molecular flexibility index (Phi) is 7.91. The summed E-state index contributed by atoms with van der Waals surface area (Å²) in [4.78, 5) is 0. The molecule has 0 saturated heterocycles. The molecule has 1 atom stereocenters. The largest absolute Gasteiger partial charge is 0.389 e. The topological polar surface area (TPSA) is 50.7 Å². The molecule has 4 heteroatoms. The first-order valence-electron chi connectivity index (χ1n) is 7.60. The molecule has 1 aliphatic carbocycles. The Balaban J connectivity index is 1.94. The first-order valence-corrected chi connectivity index (χ1v) is 7.60. The third-order valence-corrected chi connectivity index (χ3v) is 3.91. The van der Waals surface area contributed by atoms with Gasteiger partial charge in [0.15, 0.2) is 0 Å². The molecule has 0 aromatic heterocycles. The fraction of sp³-hybridized carbons (Fsp3) is 1.00. The molecular weight excluding hydrogens is 242 g/mol. The number of nitrogens with one attached hydrogen (secondary N) is 1. The van der Waals surface area contributed by atoms with Crippen LogP contribution >= 0.6 is 0 Å². The lowest BCUT2D eigenvalue weighted by atomic mass is 9.80. The average molecular weight is 273 g/mol. The summed E-state index contributed by atoms with van der Waals surface area (Å²) in [5, 5.41) is 13.1. The van der Waals surface area contributed by atoms with E-state index in [4.69, 9.17) is 9.47 Å². The van der Waals surface area contributed by atoms with Gasteiger partial charge in [0.1, 0.15) is 0 Å². The summed E-state index contributed by atoms with van der Waals surface area (Å²) in [5.41, 5.74) is 0.0256. The lowest BCUT2D eigenvalue weighted by Gasteiger charge is -2.40. The van der Waals surface area contributed by atoms with Gasteiger partial charge in [0.2, 0.25) is 0 Å². The van der Waals surface area contributed by atoms with E-state index >= 15 is 0 Å². The van der Waals surface area contributed by atoms with Gasteiger partial charge in [0.25, 0.3) is 0 Å². The van der Waals surface area contributed by atoms with Gasteiger partial charge in [-0.2, -0.15) is 0 Å². The highest BCUT2D eigenvalue weighted by Crippen LogP contribution is 2.34. The molecule has 0 heterocycles. The summed E-state index contributed by atoms with van der Waals surface area (Å²) in [5.74, 6) is 0.725. The number of rotatable bonds is 11. The fourth-order valence-electron chi connectivity index (χ4n) is 2.36. The van der Waals surface area contributed by atoms with Crippen molar-refractivity contribution in [1.82, 2.24) is 5.32 Å². The molecule has 0 aromatic rings. The van der Waals surface area contributed by atoms with Crippen LogP contribution in [0.4, 0.5) is 0 Å². The van der Waals surface area contributed by atoms with E-state index in [1.165, 1.54) is 12.8 Å². The van der Waals surface area contributed by atoms with Crippen molar-refractivity contribution in [3.63, 3.8) is 0 Å². The first-order chi connectivity index (χ1) is 9.08. The summed E-state index contributed by atoms with van der Waals surface area (Å²) in [6.45, 7) is 7.00. The maximum atomic E-state index is 9.79. The molecule has 114 valence electrons.